The van der Waals surface area contributed by atoms with Gasteiger partial charge in [-0.3, -0.25) is 14.4 Å². The van der Waals surface area contributed by atoms with Crippen LogP contribution in [-0.2, 0) is 37.5 Å². The molecule has 1 fully saturated rings. The predicted octanol–water partition coefficient (Wildman–Crippen LogP) is 1.67. The molecule has 0 saturated carbocycles. The van der Waals surface area contributed by atoms with E-state index < -0.39 is 17.5 Å². The molecule has 1 aliphatic rings. The number of rotatable bonds is 3. The molecule has 2 aromatic heterocycles. The number of aromatic nitrogens is 2. The zero-order valence-corrected chi connectivity index (χ0v) is 18.2. The minimum absolute atomic E-state index is 0. The van der Waals surface area contributed by atoms with Crippen LogP contribution in [0.1, 0.15) is 20.7 Å². The van der Waals surface area contributed by atoms with Crippen molar-refractivity contribution in [3.8, 4) is 0 Å². The third-order valence-corrected chi connectivity index (χ3v) is 4.79. The van der Waals surface area contributed by atoms with E-state index in [1.165, 1.54) is 11.1 Å². The Hall–Kier alpha value is -2.45. The average molecular weight is 468 g/mol. The fourth-order valence-electron chi connectivity index (χ4n) is 3.29. The molecule has 3 heterocycles. The summed E-state index contributed by atoms with van der Waals surface area (Å²) >= 11 is 0. The summed E-state index contributed by atoms with van der Waals surface area (Å²) in [6, 6.07) is 8.89. The van der Waals surface area contributed by atoms with Crippen molar-refractivity contribution in [3.05, 3.63) is 65.9 Å². The number of aromatic amines is 1. The van der Waals surface area contributed by atoms with Gasteiger partial charge in [0.05, 0.1) is 0 Å². The average Bonchev–Trinajstić information content (AvgIpc) is 3.18. The molecule has 3 aromatic rings. The van der Waals surface area contributed by atoms with E-state index in [-0.39, 0.29) is 68.2 Å². The number of Topliss-reactive ketones (excluding diaryl/α,β-unsaturated/α-hetero) is 1. The second kappa shape index (κ2) is 8.92. The molecular weight excluding hydrogens is 452 g/mol. The Kier molecular flexibility index (Phi) is 6.54. The number of ketones is 1. The molecule has 1 aliphatic heterocycles. The molecule has 2 amide bonds. The van der Waals surface area contributed by atoms with Crippen LogP contribution in [-0.4, -0.2) is 63.5 Å². The maximum absolute atomic E-state index is 14.0. The number of piperazine rings is 1. The van der Waals surface area contributed by atoms with Gasteiger partial charge in [-0.15, -0.1) is 0 Å². The molecule has 9 heteroatoms. The first-order chi connectivity index (χ1) is 13.6. The molecular formula is C20H16FN4O3Y-. The number of carbonyl (C=O) groups excluding carboxylic acids is 3. The number of nitrogens with zero attached hydrogens (tertiary/aromatic N) is 3. The molecule has 0 aliphatic carbocycles. The van der Waals surface area contributed by atoms with Crippen molar-refractivity contribution in [2.75, 3.05) is 26.2 Å². The van der Waals surface area contributed by atoms with E-state index in [1.54, 1.807) is 29.2 Å². The zero-order chi connectivity index (χ0) is 19.7. The molecule has 0 bridgehead atoms. The number of halogens is 1. The van der Waals surface area contributed by atoms with Gasteiger partial charge in [-0.2, -0.15) is 0 Å². The van der Waals surface area contributed by atoms with Crippen LogP contribution in [0.4, 0.5) is 4.39 Å². The summed E-state index contributed by atoms with van der Waals surface area (Å²) in [5.41, 5.74) is 0.769. The monoisotopic (exact) mass is 468 g/mol. The van der Waals surface area contributed by atoms with Crippen molar-refractivity contribution in [2.45, 2.75) is 0 Å². The molecule has 0 spiro atoms. The largest absolute Gasteiger partial charge is 0.389 e. The zero-order valence-electron chi connectivity index (χ0n) is 15.4. The van der Waals surface area contributed by atoms with Crippen molar-refractivity contribution >= 4 is 28.5 Å². The summed E-state index contributed by atoms with van der Waals surface area (Å²) in [5.74, 6) is -2.32. The minimum Gasteiger partial charge on any atom is -0.389 e. The Morgan fingerprint density at radius 1 is 1.03 bits per heavy atom. The summed E-state index contributed by atoms with van der Waals surface area (Å²) < 4.78 is 14.0. The molecule has 1 saturated heterocycles. The van der Waals surface area contributed by atoms with E-state index in [9.17, 15) is 18.8 Å². The first-order valence-electron chi connectivity index (χ1n) is 8.77. The fourth-order valence-corrected chi connectivity index (χ4v) is 3.29. The summed E-state index contributed by atoms with van der Waals surface area (Å²) in [6.45, 7) is 1.13. The first kappa shape index (κ1) is 21.3. The number of carbonyl (C=O) groups is 3. The smallest absolute Gasteiger partial charge is 0.294 e. The Morgan fingerprint density at radius 3 is 2.38 bits per heavy atom. The predicted molar refractivity (Wildman–Crippen MR) is 98.1 cm³/mol. The van der Waals surface area contributed by atoms with Crippen LogP contribution >= 0.6 is 0 Å². The van der Waals surface area contributed by atoms with Gasteiger partial charge in [-0.25, -0.2) is 4.39 Å². The van der Waals surface area contributed by atoms with E-state index in [1.807, 2.05) is 6.07 Å². The van der Waals surface area contributed by atoms with E-state index in [0.717, 1.165) is 6.20 Å². The minimum atomic E-state index is -0.799. The number of hydrogen-bond donors (Lipinski definition) is 1. The Balaban J connectivity index is 0.00000240. The standard InChI is InChI=1S/C20H16FN4O3.Y/c21-15-11-22-12-16-17(15)14(10-23-16)18(26)20(28)25-8-6-24(7-9-25)19(27)13-4-2-1-3-5-13;/h1-5,10-11,23H,6-9H2;/q-1;. The van der Waals surface area contributed by atoms with Crippen LogP contribution in [0.25, 0.3) is 10.9 Å². The van der Waals surface area contributed by atoms with Gasteiger partial charge in [0.25, 0.3) is 11.8 Å². The van der Waals surface area contributed by atoms with Gasteiger partial charge in [0.1, 0.15) is 0 Å². The van der Waals surface area contributed by atoms with Crippen LogP contribution in [0, 0.1) is 12.0 Å². The maximum atomic E-state index is 14.0. The van der Waals surface area contributed by atoms with Crippen molar-refractivity contribution in [1.82, 2.24) is 19.8 Å². The second-order valence-corrected chi connectivity index (χ2v) is 6.45. The van der Waals surface area contributed by atoms with Gasteiger partial charge in [0.2, 0.25) is 5.78 Å². The summed E-state index contributed by atoms with van der Waals surface area (Å²) in [6.07, 6.45) is 4.80. The fraction of sp³-hybridized carbons (Fsp3) is 0.200. The third-order valence-electron chi connectivity index (χ3n) is 4.79. The molecule has 1 aromatic carbocycles. The number of benzene rings is 1. The van der Waals surface area contributed by atoms with Crippen molar-refractivity contribution < 1.29 is 51.5 Å². The number of nitrogens with one attached hydrogen (secondary N) is 1. The Morgan fingerprint density at radius 2 is 1.69 bits per heavy atom. The van der Waals surface area contributed by atoms with Crippen molar-refractivity contribution in [2.24, 2.45) is 0 Å². The van der Waals surface area contributed by atoms with Gasteiger partial charge >= 0.3 is 0 Å². The van der Waals surface area contributed by atoms with E-state index >= 15 is 0 Å². The SMILES string of the molecule is O=C(C(=O)N1CCN(C(=O)c2ccccc2)CC1)c1c[nH]c2[c-]ncc(F)c12.[Y]. The van der Waals surface area contributed by atoms with E-state index in [0.29, 0.717) is 18.7 Å². The van der Waals surface area contributed by atoms with Crippen LogP contribution in [0.3, 0.4) is 0 Å². The first-order valence-corrected chi connectivity index (χ1v) is 8.77. The van der Waals surface area contributed by atoms with Gasteiger partial charge < -0.3 is 19.8 Å². The second-order valence-electron chi connectivity index (χ2n) is 6.45. The van der Waals surface area contributed by atoms with Crippen LogP contribution in [0.2, 0.25) is 0 Å². The normalized spacial score (nSPS) is 13.8. The Labute approximate surface area is 191 Å². The summed E-state index contributed by atoms with van der Waals surface area (Å²) in [7, 11) is 0. The van der Waals surface area contributed by atoms with E-state index in [4.69, 9.17) is 0 Å². The molecule has 7 nitrogen and oxygen atoms in total. The topological polar surface area (TPSA) is 86.4 Å². The molecule has 1 N–H and O–H groups in total. The number of pyridine rings is 1. The molecule has 145 valence electrons. The van der Waals surface area contributed by atoms with Gasteiger partial charge in [-0.05, 0) is 23.8 Å². The van der Waals surface area contributed by atoms with Crippen LogP contribution in [0.5, 0.6) is 0 Å². The number of fused-ring (bicyclic) bond motifs is 1. The molecule has 4 rings (SSSR count). The molecule has 29 heavy (non-hydrogen) atoms. The number of H-pyrrole nitrogens is 1. The number of hydrogen-bond acceptors (Lipinski definition) is 4. The maximum Gasteiger partial charge on any atom is 0.294 e. The van der Waals surface area contributed by atoms with Crippen molar-refractivity contribution in [1.29, 1.82) is 0 Å². The van der Waals surface area contributed by atoms with Crippen LogP contribution in [0.15, 0.2) is 42.7 Å². The van der Waals surface area contributed by atoms with Gasteiger partial charge in [-0.1, -0.05) is 36.0 Å². The van der Waals surface area contributed by atoms with Crippen LogP contribution < -0.4 is 0 Å². The Bertz CT molecular complexity index is 1060. The van der Waals surface area contributed by atoms with E-state index in [2.05, 4.69) is 16.2 Å². The quantitative estimate of drug-likeness (QED) is 0.360. The molecule has 0 unspecified atom stereocenters. The summed E-state index contributed by atoms with van der Waals surface area (Å²) in [4.78, 5) is 47.0. The molecule has 1 radical (unpaired) electrons. The number of amides is 2. The van der Waals surface area contributed by atoms with Gasteiger partial charge in [0.15, 0.2) is 0 Å². The van der Waals surface area contributed by atoms with Crippen molar-refractivity contribution in [3.63, 3.8) is 0 Å². The van der Waals surface area contributed by atoms with Gasteiger partial charge in [0, 0.05) is 75.8 Å². The molecule has 0 atom stereocenters. The third kappa shape index (κ3) is 4.13. The summed E-state index contributed by atoms with van der Waals surface area (Å²) in [5, 5.41) is 0.00578.